The molecule has 1 aromatic heterocycles. The molecular weight excluding hydrogens is 479 g/mol. The van der Waals surface area contributed by atoms with Crippen molar-refractivity contribution in [1.82, 2.24) is 10.3 Å². The number of carboxylic acid groups (broad SMARTS) is 1. The molecular formula is C25H28F3N3O3S. The lowest BCUT2D eigenvalue weighted by Crippen LogP contribution is -2.14. The number of carbonyl (C=O) groups is 2. The molecule has 3 N–H and O–H groups in total. The van der Waals surface area contributed by atoms with Crippen LogP contribution in [0.4, 0.5) is 18.3 Å². The number of benzene rings is 2. The Morgan fingerprint density at radius 2 is 1.69 bits per heavy atom. The van der Waals surface area contributed by atoms with E-state index in [0.717, 1.165) is 48.7 Å². The van der Waals surface area contributed by atoms with Gasteiger partial charge < -0.3 is 10.4 Å². The number of amides is 1. The Morgan fingerprint density at radius 1 is 1.03 bits per heavy atom. The molecule has 0 aliphatic heterocycles. The summed E-state index contributed by atoms with van der Waals surface area (Å²) in [6.45, 7) is 5.86. The smallest absolute Gasteiger partial charge is 0.416 e. The standard InChI is InChI=1S/C13H9F3N2O3S.C12H19N/c1-6-9(11(20)21)22-12(17-6)18-10(19)7-2-4-8(5-3-7)13(14,15)16;1-2-3-7-10-13-11-12-8-5-4-6-9-12/h2-5H,1H3,(H,20,21)(H,17,18,19);4-6,8-9,13H,2-3,7,10-11H2,1H3. The van der Waals surface area contributed by atoms with Crippen molar-refractivity contribution in [3.63, 3.8) is 0 Å². The van der Waals surface area contributed by atoms with Gasteiger partial charge in [-0.2, -0.15) is 13.2 Å². The maximum absolute atomic E-state index is 12.4. The number of hydrogen-bond donors (Lipinski definition) is 3. The Balaban J connectivity index is 0.000000283. The van der Waals surface area contributed by atoms with E-state index in [1.54, 1.807) is 0 Å². The molecule has 0 aliphatic carbocycles. The lowest BCUT2D eigenvalue weighted by molar-refractivity contribution is -0.137. The molecule has 0 aliphatic rings. The number of aromatic carboxylic acids is 1. The second kappa shape index (κ2) is 13.6. The Hall–Kier alpha value is -3.24. The molecule has 0 fully saturated rings. The number of carboxylic acids is 1. The molecule has 0 bridgehead atoms. The van der Waals surface area contributed by atoms with E-state index in [-0.39, 0.29) is 21.3 Å². The molecule has 0 spiro atoms. The van der Waals surface area contributed by atoms with Gasteiger partial charge in [-0.3, -0.25) is 10.1 Å². The van der Waals surface area contributed by atoms with Gasteiger partial charge in [0.1, 0.15) is 4.88 Å². The van der Waals surface area contributed by atoms with E-state index in [4.69, 9.17) is 5.11 Å². The normalized spacial score (nSPS) is 10.9. The fourth-order valence-electron chi connectivity index (χ4n) is 2.96. The fraction of sp³-hybridized carbons (Fsp3) is 0.320. The van der Waals surface area contributed by atoms with Gasteiger partial charge in [-0.05, 0) is 49.7 Å². The van der Waals surface area contributed by atoms with Crippen LogP contribution in [0.1, 0.15) is 63.0 Å². The van der Waals surface area contributed by atoms with Crippen molar-refractivity contribution < 1.29 is 27.9 Å². The summed E-state index contributed by atoms with van der Waals surface area (Å²) in [5.41, 5.74) is 0.777. The van der Waals surface area contributed by atoms with Crippen LogP contribution in [0.2, 0.25) is 0 Å². The minimum Gasteiger partial charge on any atom is -0.477 e. The summed E-state index contributed by atoms with van der Waals surface area (Å²) in [5.74, 6) is -1.83. The van der Waals surface area contributed by atoms with Crippen LogP contribution in [0.15, 0.2) is 54.6 Å². The van der Waals surface area contributed by atoms with E-state index in [2.05, 4.69) is 52.9 Å². The average molecular weight is 508 g/mol. The second-order valence-corrected chi connectivity index (χ2v) is 8.64. The number of anilines is 1. The molecule has 2 aromatic carbocycles. The number of nitrogens with one attached hydrogen (secondary N) is 2. The van der Waals surface area contributed by atoms with Crippen LogP contribution in [-0.4, -0.2) is 28.5 Å². The molecule has 10 heteroatoms. The van der Waals surface area contributed by atoms with Gasteiger partial charge in [0.05, 0.1) is 11.3 Å². The Labute approximate surface area is 206 Å². The largest absolute Gasteiger partial charge is 0.477 e. The lowest BCUT2D eigenvalue weighted by atomic mass is 10.1. The third kappa shape index (κ3) is 9.50. The highest BCUT2D eigenvalue weighted by molar-refractivity contribution is 7.17. The number of hydrogen-bond acceptors (Lipinski definition) is 5. The number of aromatic nitrogens is 1. The van der Waals surface area contributed by atoms with Crippen LogP contribution in [0.3, 0.4) is 0 Å². The van der Waals surface area contributed by atoms with Gasteiger partial charge in [-0.15, -0.1) is 0 Å². The highest BCUT2D eigenvalue weighted by Gasteiger charge is 2.30. The quantitative estimate of drug-likeness (QED) is 0.292. The summed E-state index contributed by atoms with van der Waals surface area (Å²) in [6.07, 6.45) is -0.546. The molecule has 35 heavy (non-hydrogen) atoms. The van der Waals surface area contributed by atoms with Crippen molar-refractivity contribution >= 4 is 28.3 Å². The molecule has 1 heterocycles. The SMILES string of the molecule is CCCCCNCc1ccccc1.Cc1nc(NC(=O)c2ccc(C(F)(F)F)cc2)sc1C(=O)O. The van der Waals surface area contributed by atoms with Crippen LogP contribution in [0.5, 0.6) is 0 Å². The Morgan fingerprint density at radius 3 is 2.23 bits per heavy atom. The molecule has 0 saturated heterocycles. The summed E-state index contributed by atoms with van der Waals surface area (Å²) in [6, 6.07) is 14.2. The molecule has 0 saturated carbocycles. The minimum atomic E-state index is -4.47. The van der Waals surface area contributed by atoms with Gasteiger partial charge in [0.25, 0.3) is 5.91 Å². The highest BCUT2D eigenvalue weighted by Crippen LogP contribution is 2.29. The Kier molecular flexibility index (Phi) is 10.9. The van der Waals surface area contributed by atoms with E-state index < -0.39 is 23.6 Å². The van der Waals surface area contributed by atoms with Crippen molar-refractivity contribution in [3.05, 3.63) is 81.9 Å². The van der Waals surface area contributed by atoms with Crippen LogP contribution in [-0.2, 0) is 12.7 Å². The lowest BCUT2D eigenvalue weighted by Gasteiger charge is -2.07. The number of aryl methyl sites for hydroxylation is 1. The summed E-state index contributed by atoms with van der Waals surface area (Å²) in [7, 11) is 0. The first-order valence-corrected chi connectivity index (χ1v) is 11.9. The predicted octanol–water partition coefficient (Wildman–Crippen LogP) is 6.39. The van der Waals surface area contributed by atoms with E-state index in [0.29, 0.717) is 0 Å². The summed E-state index contributed by atoms with van der Waals surface area (Å²) in [4.78, 5) is 26.6. The molecule has 0 radical (unpaired) electrons. The van der Waals surface area contributed by atoms with Crippen LogP contribution < -0.4 is 10.6 Å². The van der Waals surface area contributed by atoms with E-state index in [1.165, 1.54) is 31.7 Å². The van der Waals surface area contributed by atoms with Gasteiger partial charge in [0.2, 0.25) is 0 Å². The molecule has 188 valence electrons. The highest BCUT2D eigenvalue weighted by atomic mass is 32.1. The van der Waals surface area contributed by atoms with Gasteiger partial charge in [-0.25, -0.2) is 9.78 Å². The van der Waals surface area contributed by atoms with E-state index >= 15 is 0 Å². The van der Waals surface area contributed by atoms with E-state index in [9.17, 15) is 22.8 Å². The summed E-state index contributed by atoms with van der Waals surface area (Å²) < 4.78 is 37.3. The van der Waals surface area contributed by atoms with Crippen molar-refractivity contribution in [1.29, 1.82) is 0 Å². The van der Waals surface area contributed by atoms with Crippen molar-refractivity contribution in [2.75, 3.05) is 11.9 Å². The van der Waals surface area contributed by atoms with Crippen molar-refractivity contribution in [2.24, 2.45) is 0 Å². The number of rotatable bonds is 9. The molecule has 0 unspecified atom stereocenters. The molecule has 3 aromatic rings. The van der Waals surface area contributed by atoms with Gasteiger partial charge in [0, 0.05) is 12.1 Å². The number of nitrogens with zero attached hydrogens (tertiary/aromatic N) is 1. The van der Waals surface area contributed by atoms with Crippen molar-refractivity contribution in [2.45, 2.75) is 45.8 Å². The maximum Gasteiger partial charge on any atom is 0.416 e. The zero-order valence-electron chi connectivity index (χ0n) is 19.5. The summed E-state index contributed by atoms with van der Waals surface area (Å²) in [5, 5.41) is 14.8. The first kappa shape index (κ1) is 28.0. The summed E-state index contributed by atoms with van der Waals surface area (Å²) >= 11 is 0.775. The number of alkyl halides is 3. The number of thiazole rings is 1. The zero-order valence-corrected chi connectivity index (χ0v) is 20.3. The predicted molar refractivity (Wildman–Crippen MR) is 131 cm³/mol. The van der Waals surface area contributed by atoms with Gasteiger partial charge in [-0.1, -0.05) is 61.4 Å². The van der Waals surface area contributed by atoms with E-state index in [1.807, 2.05) is 0 Å². The Bertz CT molecular complexity index is 1080. The van der Waals surface area contributed by atoms with Crippen molar-refractivity contribution in [3.8, 4) is 0 Å². The second-order valence-electron chi connectivity index (χ2n) is 7.64. The maximum atomic E-state index is 12.4. The average Bonchev–Trinajstić information content (AvgIpc) is 3.20. The van der Waals surface area contributed by atoms with Gasteiger partial charge in [0.15, 0.2) is 5.13 Å². The number of halogens is 3. The molecule has 3 rings (SSSR count). The van der Waals surface area contributed by atoms with Crippen LogP contribution >= 0.6 is 11.3 Å². The topological polar surface area (TPSA) is 91.3 Å². The third-order valence-electron chi connectivity index (χ3n) is 4.81. The zero-order chi connectivity index (χ0) is 25.8. The van der Waals surface area contributed by atoms with Crippen LogP contribution in [0, 0.1) is 6.92 Å². The fourth-order valence-corrected chi connectivity index (χ4v) is 3.76. The molecule has 6 nitrogen and oxygen atoms in total. The van der Waals surface area contributed by atoms with Gasteiger partial charge >= 0.3 is 12.1 Å². The number of unbranched alkanes of at least 4 members (excludes halogenated alkanes) is 2. The monoisotopic (exact) mass is 507 g/mol. The minimum absolute atomic E-state index is 0.0114. The number of carbonyl (C=O) groups excluding carboxylic acids is 1. The molecule has 1 amide bonds. The van der Waals surface area contributed by atoms with Crippen LogP contribution in [0.25, 0.3) is 0 Å². The first-order chi connectivity index (χ1) is 16.6. The first-order valence-electron chi connectivity index (χ1n) is 11.1. The third-order valence-corrected chi connectivity index (χ3v) is 5.88. The molecule has 0 atom stereocenters.